The van der Waals surface area contributed by atoms with E-state index in [0.29, 0.717) is 16.9 Å². The van der Waals surface area contributed by atoms with E-state index < -0.39 is 5.82 Å². The lowest BCUT2D eigenvalue weighted by molar-refractivity contribution is 0.0939. The van der Waals surface area contributed by atoms with Gasteiger partial charge in [-0.1, -0.05) is 6.07 Å². The molecule has 2 rings (SSSR count). The second-order valence-corrected chi connectivity index (χ2v) is 5.35. The van der Waals surface area contributed by atoms with Crippen LogP contribution < -0.4 is 10.6 Å². The Labute approximate surface area is 114 Å². The summed E-state index contributed by atoms with van der Waals surface area (Å²) in [6, 6.07) is 4.54. The number of benzene rings is 1. The van der Waals surface area contributed by atoms with E-state index in [1.807, 2.05) is 0 Å². The van der Waals surface area contributed by atoms with Gasteiger partial charge in [-0.2, -0.15) is 0 Å². The van der Waals surface area contributed by atoms with Crippen LogP contribution in [0.15, 0.2) is 22.7 Å². The molecule has 0 bridgehead atoms. The SMILES string of the molecule is O=C(NCC1CCNCC1)c1c(F)cccc1Br. The molecule has 2 N–H and O–H groups in total. The summed E-state index contributed by atoms with van der Waals surface area (Å²) in [5.41, 5.74) is 0.0893. The van der Waals surface area contributed by atoms with Crippen molar-refractivity contribution in [2.45, 2.75) is 12.8 Å². The summed E-state index contributed by atoms with van der Waals surface area (Å²) in [7, 11) is 0. The molecule has 0 atom stereocenters. The van der Waals surface area contributed by atoms with E-state index in [4.69, 9.17) is 0 Å². The Morgan fingerprint density at radius 3 is 2.83 bits per heavy atom. The van der Waals surface area contributed by atoms with Crippen molar-refractivity contribution in [1.82, 2.24) is 10.6 Å². The molecule has 1 aliphatic heterocycles. The Bertz CT molecular complexity index is 413. The van der Waals surface area contributed by atoms with Gasteiger partial charge in [0.05, 0.1) is 5.56 Å². The lowest BCUT2D eigenvalue weighted by atomic mass is 9.98. The van der Waals surface area contributed by atoms with E-state index >= 15 is 0 Å². The van der Waals surface area contributed by atoms with Gasteiger partial charge in [0.2, 0.25) is 0 Å². The van der Waals surface area contributed by atoms with Crippen LogP contribution in [0.3, 0.4) is 0 Å². The monoisotopic (exact) mass is 314 g/mol. The summed E-state index contributed by atoms with van der Waals surface area (Å²) in [6.07, 6.45) is 2.11. The molecule has 0 radical (unpaired) electrons. The molecule has 5 heteroatoms. The average molecular weight is 315 g/mol. The van der Waals surface area contributed by atoms with Crippen molar-refractivity contribution >= 4 is 21.8 Å². The van der Waals surface area contributed by atoms with Gasteiger partial charge in [-0.15, -0.1) is 0 Å². The molecule has 1 aromatic carbocycles. The highest BCUT2D eigenvalue weighted by molar-refractivity contribution is 9.10. The Balaban J connectivity index is 1.95. The molecular weight excluding hydrogens is 299 g/mol. The van der Waals surface area contributed by atoms with E-state index in [0.717, 1.165) is 25.9 Å². The third kappa shape index (κ3) is 3.29. The lowest BCUT2D eigenvalue weighted by Gasteiger charge is -2.22. The van der Waals surface area contributed by atoms with Gasteiger partial charge in [0.1, 0.15) is 5.82 Å². The van der Waals surface area contributed by atoms with Gasteiger partial charge < -0.3 is 10.6 Å². The molecule has 1 aromatic rings. The van der Waals surface area contributed by atoms with Crippen LogP contribution in [0.25, 0.3) is 0 Å². The number of hydrogen-bond acceptors (Lipinski definition) is 2. The quantitative estimate of drug-likeness (QED) is 0.899. The molecule has 0 aliphatic carbocycles. The number of halogens is 2. The summed E-state index contributed by atoms with van der Waals surface area (Å²) in [6.45, 7) is 2.59. The number of hydrogen-bond donors (Lipinski definition) is 2. The van der Waals surface area contributed by atoms with Gasteiger partial charge in [0, 0.05) is 11.0 Å². The Kier molecular flexibility index (Phi) is 4.72. The molecule has 0 unspecified atom stereocenters. The van der Waals surface area contributed by atoms with Crippen LogP contribution in [0.1, 0.15) is 23.2 Å². The molecule has 0 aromatic heterocycles. The first kappa shape index (κ1) is 13.5. The van der Waals surface area contributed by atoms with Crippen molar-refractivity contribution in [3.8, 4) is 0 Å². The Morgan fingerprint density at radius 1 is 1.44 bits per heavy atom. The van der Waals surface area contributed by atoms with E-state index in [2.05, 4.69) is 26.6 Å². The summed E-state index contributed by atoms with van der Waals surface area (Å²) in [4.78, 5) is 11.9. The number of nitrogens with one attached hydrogen (secondary N) is 2. The van der Waals surface area contributed by atoms with Crippen molar-refractivity contribution < 1.29 is 9.18 Å². The first-order chi connectivity index (χ1) is 8.68. The smallest absolute Gasteiger partial charge is 0.255 e. The highest BCUT2D eigenvalue weighted by Gasteiger charge is 2.18. The first-order valence-electron chi connectivity index (χ1n) is 6.11. The maximum absolute atomic E-state index is 13.6. The van der Waals surface area contributed by atoms with Crippen LogP contribution in [0.2, 0.25) is 0 Å². The summed E-state index contributed by atoms with van der Waals surface area (Å²) in [5, 5.41) is 6.09. The van der Waals surface area contributed by atoms with Gasteiger partial charge in [-0.05, 0) is 59.9 Å². The molecule has 1 amide bonds. The van der Waals surface area contributed by atoms with Crippen molar-refractivity contribution in [3.05, 3.63) is 34.1 Å². The topological polar surface area (TPSA) is 41.1 Å². The predicted octanol–water partition coefficient (Wildman–Crippen LogP) is 2.32. The number of carbonyl (C=O) groups is 1. The minimum atomic E-state index is -0.493. The zero-order chi connectivity index (χ0) is 13.0. The van der Waals surface area contributed by atoms with Crippen molar-refractivity contribution in [3.63, 3.8) is 0 Å². The molecule has 1 aliphatic rings. The predicted molar refractivity (Wildman–Crippen MR) is 72.0 cm³/mol. The zero-order valence-corrected chi connectivity index (χ0v) is 11.6. The second-order valence-electron chi connectivity index (χ2n) is 4.50. The molecule has 1 saturated heterocycles. The molecule has 1 heterocycles. The lowest BCUT2D eigenvalue weighted by Crippen LogP contribution is -2.36. The largest absolute Gasteiger partial charge is 0.352 e. The maximum atomic E-state index is 13.6. The van der Waals surface area contributed by atoms with Crippen molar-refractivity contribution in [2.75, 3.05) is 19.6 Å². The molecule has 1 fully saturated rings. The normalized spacial score (nSPS) is 16.6. The van der Waals surface area contributed by atoms with Crippen molar-refractivity contribution in [1.29, 1.82) is 0 Å². The van der Waals surface area contributed by atoms with Gasteiger partial charge >= 0.3 is 0 Å². The Hall–Kier alpha value is -0.940. The van der Waals surface area contributed by atoms with Gasteiger partial charge in [0.25, 0.3) is 5.91 Å². The standard InChI is InChI=1S/C13H16BrFN2O/c14-10-2-1-3-11(15)12(10)13(18)17-8-9-4-6-16-7-5-9/h1-3,9,16H,4-8H2,(H,17,18). The van der Waals surface area contributed by atoms with Crippen molar-refractivity contribution in [2.24, 2.45) is 5.92 Å². The number of carbonyl (C=O) groups excluding carboxylic acids is 1. The average Bonchev–Trinajstić information content (AvgIpc) is 2.37. The summed E-state index contributed by atoms with van der Waals surface area (Å²) >= 11 is 3.20. The fraction of sp³-hybridized carbons (Fsp3) is 0.462. The van der Waals surface area contributed by atoms with Crippen LogP contribution in [0, 0.1) is 11.7 Å². The van der Waals surface area contributed by atoms with Gasteiger partial charge in [-0.3, -0.25) is 4.79 Å². The number of rotatable bonds is 3. The Morgan fingerprint density at radius 2 is 2.17 bits per heavy atom. The van der Waals surface area contributed by atoms with Crippen LogP contribution in [-0.4, -0.2) is 25.5 Å². The third-order valence-electron chi connectivity index (χ3n) is 3.20. The van der Waals surface area contributed by atoms with E-state index in [9.17, 15) is 9.18 Å². The first-order valence-corrected chi connectivity index (χ1v) is 6.90. The van der Waals surface area contributed by atoms with Gasteiger partial charge in [0.15, 0.2) is 0 Å². The number of piperidine rings is 1. The second kappa shape index (κ2) is 6.29. The van der Waals surface area contributed by atoms with Crippen LogP contribution in [0.4, 0.5) is 4.39 Å². The zero-order valence-electron chi connectivity index (χ0n) is 10.0. The molecule has 0 saturated carbocycles. The molecule has 98 valence electrons. The molecule has 3 nitrogen and oxygen atoms in total. The highest BCUT2D eigenvalue weighted by atomic mass is 79.9. The van der Waals surface area contributed by atoms with Crippen LogP contribution in [0.5, 0.6) is 0 Å². The number of amides is 1. The van der Waals surface area contributed by atoms with E-state index in [-0.39, 0.29) is 11.5 Å². The highest BCUT2D eigenvalue weighted by Crippen LogP contribution is 2.19. The fourth-order valence-corrected chi connectivity index (χ4v) is 2.65. The molecule has 18 heavy (non-hydrogen) atoms. The summed E-state index contributed by atoms with van der Waals surface area (Å²) in [5.74, 6) is -0.355. The van der Waals surface area contributed by atoms with Gasteiger partial charge in [-0.25, -0.2) is 4.39 Å². The minimum Gasteiger partial charge on any atom is -0.352 e. The minimum absolute atomic E-state index is 0.0893. The summed E-state index contributed by atoms with van der Waals surface area (Å²) < 4.78 is 14.1. The maximum Gasteiger partial charge on any atom is 0.255 e. The fourth-order valence-electron chi connectivity index (χ4n) is 2.13. The third-order valence-corrected chi connectivity index (χ3v) is 3.86. The molecular formula is C13H16BrFN2O. The van der Waals surface area contributed by atoms with E-state index in [1.54, 1.807) is 12.1 Å². The molecule has 0 spiro atoms. The van der Waals surface area contributed by atoms with Crippen LogP contribution in [-0.2, 0) is 0 Å². The van der Waals surface area contributed by atoms with Crippen LogP contribution >= 0.6 is 15.9 Å². The van der Waals surface area contributed by atoms with E-state index in [1.165, 1.54) is 6.07 Å².